The summed E-state index contributed by atoms with van der Waals surface area (Å²) < 4.78 is 27.2. The third kappa shape index (κ3) is 3.84. The zero-order valence-corrected chi connectivity index (χ0v) is 17.2. The van der Waals surface area contributed by atoms with Crippen molar-refractivity contribution in [3.05, 3.63) is 66.2 Å². The fourth-order valence-corrected chi connectivity index (χ4v) is 4.07. The molecule has 2 aromatic heterocycles. The summed E-state index contributed by atoms with van der Waals surface area (Å²) in [5.41, 5.74) is 0.573. The van der Waals surface area contributed by atoms with Crippen LogP contribution in [0.25, 0.3) is 10.2 Å². The Hall–Kier alpha value is -3.46. The van der Waals surface area contributed by atoms with Crippen molar-refractivity contribution in [1.82, 2.24) is 14.8 Å². The monoisotopic (exact) mass is 426 g/mol. The molecule has 0 atom stereocenters. The molecule has 30 heavy (non-hydrogen) atoms. The Kier molecular flexibility index (Phi) is 5.62. The number of nitrogens with zero attached hydrogens (tertiary/aromatic N) is 4. The molecule has 0 aliphatic rings. The zero-order valence-electron chi connectivity index (χ0n) is 16.4. The lowest BCUT2D eigenvalue weighted by molar-refractivity contribution is 0.0982. The number of fused-ring (bicyclic) bond motifs is 1. The molecule has 2 heterocycles. The van der Waals surface area contributed by atoms with E-state index in [1.54, 1.807) is 41.2 Å². The van der Waals surface area contributed by atoms with Gasteiger partial charge in [0.1, 0.15) is 22.8 Å². The van der Waals surface area contributed by atoms with Gasteiger partial charge in [-0.1, -0.05) is 17.4 Å². The van der Waals surface area contributed by atoms with E-state index in [9.17, 15) is 9.18 Å². The highest BCUT2D eigenvalue weighted by molar-refractivity contribution is 7.22. The van der Waals surface area contributed by atoms with Crippen LogP contribution in [0.3, 0.4) is 0 Å². The minimum atomic E-state index is -0.423. The number of anilines is 1. The number of benzene rings is 2. The highest BCUT2D eigenvalue weighted by atomic mass is 32.1. The number of thiazole rings is 1. The van der Waals surface area contributed by atoms with Crippen LogP contribution in [0.15, 0.2) is 54.9 Å². The first-order chi connectivity index (χ1) is 14.6. The Morgan fingerprint density at radius 3 is 2.77 bits per heavy atom. The number of aromatic nitrogens is 3. The minimum Gasteiger partial charge on any atom is -0.497 e. The van der Waals surface area contributed by atoms with E-state index in [-0.39, 0.29) is 11.4 Å². The second-order valence-corrected chi connectivity index (χ2v) is 7.38. The number of carbonyl (C=O) groups excluding carboxylic acids is 1. The molecule has 154 valence electrons. The molecule has 0 saturated heterocycles. The van der Waals surface area contributed by atoms with Crippen molar-refractivity contribution < 1.29 is 18.7 Å². The number of hydrogen-bond acceptors (Lipinski definition) is 6. The van der Waals surface area contributed by atoms with E-state index >= 15 is 0 Å². The lowest BCUT2D eigenvalue weighted by Crippen LogP contribution is -2.34. The van der Waals surface area contributed by atoms with E-state index in [0.29, 0.717) is 40.0 Å². The molecule has 4 rings (SSSR count). The average molecular weight is 426 g/mol. The average Bonchev–Trinajstić information content (AvgIpc) is 3.44. The van der Waals surface area contributed by atoms with Crippen molar-refractivity contribution in [3.63, 3.8) is 0 Å². The van der Waals surface area contributed by atoms with Crippen molar-refractivity contribution in [1.29, 1.82) is 0 Å². The maximum atomic E-state index is 14.2. The van der Waals surface area contributed by atoms with E-state index in [1.807, 2.05) is 12.3 Å². The van der Waals surface area contributed by atoms with Gasteiger partial charge in [0.2, 0.25) is 0 Å². The minimum absolute atomic E-state index is 0.243. The Morgan fingerprint density at radius 2 is 2.07 bits per heavy atom. The summed E-state index contributed by atoms with van der Waals surface area (Å²) in [6.45, 7) is 0.742. The van der Waals surface area contributed by atoms with Gasteiger partial charge in [-0.25, -0.2) is 9.37 Å². The fraction of sp³-hybridized carbons (Fsp3) is 0.190. The van der Waals surface area contributed by atoms with Gasteiger partial charge < -0.3 is 9.47 Å². The van der Waals surface area contributed by atoms with E-state index < -0.39 is 5.82 Å². The molecule has 0 aliphatic carbocycles. The van der Waals surface area contributed by atoms with Crippen molar-refractivity contribution in [2.75, 3.05) is 25.7 Å². The largest absolute Gasteiger partial charge is 0.497 e. The van der Waals surface area contributed by atoms with E-state index in [1.165, 1.54) is 36.5 Å². The third-order valence-electron chi connectivity index (χ3n) is 4.58. The number of amides is 1. The Labute approximate surface area is 176 Å². The molecule has 0 bridgehead atoms. The highest BCUT2D eigenvalue weighted by Gasteiger charge is 2.25. The van der Waals surface area contributed by atoms with Gasteiger partial charge in [0.25, 0.3) is 5.91 Å². The molecule has 0 fully saturated rings. The van der Waals surface area contributed by atoms with Gasteiger partial charge in [0.15, 0.2) is 5.13 Å². The van der Waals surface area contributed by atoms with Crippen molar-refractivity contribution in [2.45, 2.75) is 6.54 Å². The normalized spacial score (nSPS) is 10.9. The van der Waals surface area contributed by atoms with Crippen molar-refractivity contribution in [2.24, 2.45) is 0 Å². The second-order valence-electron chi connectivity index (χ2n) is 6.38. The number of ether oxygens (including phenoxy) is 2. The molecule has 0 spiro atoms. The van der Waals surface area contributed by atoms with Gasteiger partial charge in [0, 0.05) is 18.9 Å². The van der Waals surface area contributed by atoms with Crippen LogP contribution in [-0.4, -0.2) is 41.4 Å². The summed E-state index contributed by atoms with van der Waals surface area (Å²) in [6, 6.07) is 11.6. The molecule has 7 nitrogen and oxygen atoms in total. The van der Waals surface area contributed by atoms with Crippen molar-refractivity contribution in [3.8, 4) is 11.5 Å². The standard InChI is InChI=1S/C21H19FN4O3S/c1-28-14-7-8-17(29-2)15(13-14)20(27)26(12-11-25-10-4-9-23-25)21-24-19-16(22)5-3-6-18(19)30-21/h3-10,13H,11-12H2,1-2H3. The Balaban J connectivity index is 1.76. The van der Waals surface area contributed by atoms with Crippen LogP contribution < -0.4 is 14.4 Å². The number of para-hydroxylation sites is 1. The molecule has 9 heteroatoms. The van der Waals surface area contributed by atoms with E-state index in [0.717, 1.165) is 0 Å². The quantitative estimate of drug-likeness (QED) is 0.447. The first-order valence-electron chi connectivity index (χ1n) is 9.17. The molecular weight excluding hydrogens is 407 g/mol. The maximum Gasteiger partial charge on any atom is 0.264 e. The summed E-state index contributed by atoms with van der Waals surface area (Å²) in [6.07, 6.45) is 3.48. The molecule has 0 saturated carbocycles. The molecule has 0 radical (unpaired) electrons. The van der Waals surface area contributed by atoms with Crippen LogP contribution >= 0.6 is 11.3 Å². The van der Waals surface area contributed by atoms with E-state index in [4.69, 9.17) is 9.47 Å². The van der Waals surface area contributed by atoms with Crippen molar-refractivity contribution >= 4 is 32.6 Å². The first-order valence-corrected chi connectivity index (χ1v) is 9.98. The number of methoxy groups -OCH3 is 2. The van der Waals surface area contributed by atoms with Gasteiger partial charge in [-0.2, -0.15) is 5.10 Å². The number of hydrogen-bond donors (Lipinski definition) is 0. The van der Waals surface area contributed by atoms with Crippen LogP contribution in [0.2, 0.25) is 0 Å². The molecule has 2 aromatic carbocycles. The first kappa shape index (κ1) is 19.8. The molecular formula is C21H19FN4O3S. The predicted octanol–water partition coefficient (Wildman–Crippen LogP) is 4.00. The molecule has 0 N–H and O–H groups in total. The van der Waals surface area contributed by atoms with Gasteiger partial charge in [0.05, 0.1) is 31.0 Å². The van der Waals surface area contributed by atoms with Crippen LogP contribution in [0, 0.1) is 5.82 Å². The second kappa shape index (κ2) is 8.50. The molecule has 0 aliphatic heterocycles. The molecule has 1 amide bonds. The fourth-order valence-electron chi connectivity index (χ4n) is 3.06. The number of halogens is 1. The SMILES string of the molecule is COc1ccc(OC)c(C(=O)N(CCn2cccn2)c2nc3c(F)cccc3s2)c1. The number of rotatable bonds is 7. The van der Waals surface area contributed by atoms with Crippen LogP contribution in [0.5, 0.6) is 11.5 Å². The van der Waals surface area contributed by atoms with E-state index in [2.05, 4.69) is 10.1 Å². The summed E-state index contributed by atoms with van der Waals surface area (Å²) in [4.78, 5) is 19.5. The van der Waals surface area contributed by atoms with Gasteiger partial charge >= 0.3 is 0 Å². The lowest BCUT2D eigenvalue weighted by Gasteiger charge is -2.21. The van der Waals surface area contributed by atoms with Crippen LogP contribution in [-0.2, 0) is 6.54 Å². The van der Waals surface area contributed by atoms with Crippen LogP contribution in [0.4, 0.5) is 9.52 Å². The topological polar surface area (TPSA) is 69.5 Å². The van der Waals surface area contributed by atoms with Gasteiger partial charge in [-0.3, -0.25) is 14.4 Å². The number of carbonyl (C=O) groups is 1. The highest BCUT2D eigenvalue weighted by Crippen LogP contribution is 2.33. The van der Waals surface area contributed by atoms with Gasteiger partial charge in [-0.15, -0.1) is 0 Å². The molecule has 4 aromatic rings. The van der Waals surface area contributed by atoms with Gasteiger partial charge in [-0.05, 0) is 36.4 Å². The third-order valence-corrected chi connectivity index (χ3v) is 5.63. The summed E-state index contributed by atoms with van der Waals surface area (Å²) >= 11 is 1.26. The Bertz CT molecular complexity index is 1180. The van der Waals surface area contributed by atoms with Crippen LogP contribution in [0.1, 0.15) is 10.4 Å². The smallest absolute Gasteiger partial charge is 0.264 e. The summed E-state index contributed by atoms with van der Waals surface area (Å²) in [5.74, 6) is 0.199. The molecule has 0 unspecified atom stereocenters. The maximum absolute atomic E-state index is 14.2. The predicted molar refractivity (Wildman–Crippen MR) is 113 cm³/mol. The summed E-state index contributed by atoms with van der Waals surface area (Å²) in [5, 5.41) is 4.59. The Morgan fingerprint density at radius 1 is 1.20 bits per heavy atom. The summed E-state index contributed by atoms with van der Waals surface area (Å²) in [7, 11) is 3.03. The zero-order chi connectivity index (χ0) is 21.1. The lowest BCUT2D eigenvalue weighted by atomic mass is 10.1.